The Morgan fingerprint density at radius 1 is 1.60 bits per heavy atom. The van der Waals surface area contributed by atoms with Crippen molar-refractivity contribution >= 4 is 5.97 Å². The number of aryl methyl sites for hydroxylation is 1. The van der Waals surface area contributed by atoms with E-state index in [0.717, 1.165) is 0 Å². The second kappa shape index (κ2) is 4.47. The van der Waals surface area contributed by atoms with Crippen LogP contribution in [0, 0.1) is 19.3 Å². The van der Waals surface area contributed by atoms with Gasteiger partial charge in [0.1, 0.15) is 5.56 Å². The summed E-state index contributed by atoms with van der Waals surface area (Å²) in [4.78, 5) is 25.3. The summed E-state index contributed by atoms with van der Waals surface area (Å²) in [5.41, 5.74) is 0.175. The van der Waals surface area contributed by atoms with Crippen LogP contribution in [-0.2, 0) is 4.74 Å². The van der Waals surface area contributed by atoms with Crippen LogP contribution in [0.2, 0.25) is 0 Å². The Balaban J connectivity index is 2.94. The van der Waals surface area contributed by atoms with Gasteiger partial charge in [-0.1, -0.05) is 5.92 Å². The van der Waals surface area contributed by atoms with Crippen molar-refractivity contribution in [3.63, 3.8) is 0 Å². The molecule has 0 aliphatic carbocycles. The Hall–Kier alpha value is -2.02. The number of pyridine rings is 1. The summed E-state index contributed by atoms with van der Waals surface area (Å²) in [6, 6.07) is 3.04. The molecule has 4 nitrogen and oxygen atoms in total. The number of esters is 1. The monoisotopic (exact) mass is 205 g/mol. The van der Waals surface area contributed by atoms with E-state index in [1.165, 1.54) is 6.07 Å². The molecule has 0 bridgehead atoms. The largest absolute Gasteiger partial charge is 0.446 e. The average molecular weight is 205 g/mol. The van der Waals surface area contributed by atoms with Crippen molar-refractivity contribution < 1.29 is 9.53 Å². The van der Waals surface area contributed by atoms with Gasteiger partial charge < -0.3 is 9.72 Å². The molecule has 0 saturated carbocycles. The van der Waals surface area contributed by atoms with Crippen molar-refractivity contribution in [3.8, 4) is 12.3 Å². The minimum atomic E-state index is -0.707. The summed E-state index contributed by atoms with van der Waals surface area (Å²) in [6.07, 6.45) is 4.41. The second-order valence-electron chi connectivity index (χ2n) is 3.10. The first kappa shape index (κ1) is 11.1. The Morgan fingerprint density at radius 2 is 2.27 bits per heavy atom. The molecule has 0 aromatic carbocycles. The van der Waals surface area contributed by atoms with Gasteiger partial charge in [0.15, 0.2) is 6.10 Å². The van der Waals surface area contributed by atoms with Crippen molar-refractivity contribution in [2.24, 2.45) is 0 Å². The van der Waals surface area contributed by atoms with E-state index in [1.807, 2.05) is 0 Å². The molecular formula is C11H11NO3. The topological polar surface area (TPSA) is 59.2 Å². The summed E-state index contributed by atoms with van der Waals surface area (Å²) in [5, 5.41) is 0. The molecule has 1 rings (SSSR count). The standard InChI is InChI=1S/C11H11NO3/c1-4-8(3)15-11(14)9-6-5-7(2)12-10(9)13/h1,5-6,8H,2-3H3,(H,12,13). The van der Waals surface area contributed by atoms with Crippen molar-refractivity contribution in [3.05, 3.63) is 33.7 Å². The number of ether oxygens (including phenoxy) is 1. The predicted octanol–water partition coefficient (Wildman–Crippen LogP) is 0.862. The van der Waals surface area contributed by atoms with E-state index in [0.29, 0.717) is 5.69 Å². The first-order chi connectivity index (χ1) is 7.04. The molecule has 0 fully saturated rings. The lowest BCUT2D eigenvalue weighted by Crippen LogP contribution is -2.22. The minimum absolute atomic E-state index is 0.0392. The van der Waals surface area contributed by atoms with Crippen LogP contribution >= 0.6 is 0 Å². The second-order valence-corrected chi connectivity index (χ2v) is 3.10. The number of terminal acetylenes is 1. The zero-order chi connectivity index (χ0) is 11.4. The quantitative estimate of drug-likeness (QED) is 0.575. The van der Waals surface area contributed by atoms with E-state index in [9.17, 15) is 9.59 Å². The Bertz CT molecular complexity index is 467. The van der Waals surface area contributed by atoms with Gasteiger partial charge in [-0.25, -0.2) is 4.79 Å². The minimum Gasteiger partial charge on any atom is -0.446 e. The third-order valence-electron chi connectivity index (χ3n) is 1.79. The highest BCUT2D eigenvalue weighted by Crippen LogP contribution is 1.99. The van der Waals surface area contributed by atoms with E-state index in [1.54, 1.807) is 19.9 Å². The lowest BCUT2D eigenvalue weighted by molar-refractivity contribution is 0.0436. The smallest absolute Gasteiger partial charge is 0.345 e. The lowest BCUT2D eigenvalue weighted by atomic mass is 10.2. The SMILES string of the molecule is C#CC(C)OC(=O)c1ccc(C)[nH]c1=O. The highest BCUT2D eigenvalue weighted by molar-refractivity contribution is 5.89. The zero-order valence-electron chi connectivity index (χ0n) is 8.53. The number of hydrogen-bond donors (Lipinski definition) is 1. The van der Waals surface area contributed by atoms with Gasteiger partial charge in [0.2, 0.25) is 0 Å². The van der Waals surface area contributed by atoms with Crippen LogP contribution in [0.15, 0.2) is 16.9 Å². The highest BCUT2D eigenvalue weighted by atomic mass is 16.5. The first-order valence-corrected chi connectivity index (χ1v) is 4.41. The third kappa shape index (κ3) is 2.71. The Kier molecular flexibility index (Phi) is 3.29. The predicted molar refractivity (Wildman–Crippen MR) is 55.5 cm³/mol. The molecule has 0 aliphatic heterocycles. The van der Waals surface area contributed by atoms with Crippen molar-refractivity contribution in [1.29, 1.82) is 0 Å². The molecule has 1 atom stereocenters. The van der Waals surface area contributed by atoms with Gasteiger partial charge in [-0.3, -0.25) is 4.79 Å². The van der Waals surface area contributed by atoms with Crippen LogP contribution in [0.25, 0.3) is 0 Å². The van der Waals surface area contributed by atoms with Crippen LogP contribution in [0.1, 0.15) is 23.0 Å². The first-order valence-electron chi connectivity index (χ1n) is 4.41. The molecule has 78 valence electrons. The molecule has 0 radical (unpaired) electrons. The summed E-state index contributed by atoms with van der Waals surface area (Å²) >= 11 is 0. The van der Waals surface area contributed by atoms with Gasteiger partial charge in [0, 0.05) is 5.69 Å². The number of nitrogens with one attached hydrogen (secondary N) is 1. The van der Waals surface area contributed by atoms with E-state index in [2.05, 4.69) is 10.9 Å². The molecule has 1 heterocycles. The summed E-state index contributed by atoms with van der Waals surface area (Å²) in [5.74, 6) is 1.53. The fourth-order valence-electron chi connectivity index (χ4n) is 0.991. The van der Waals surface area contributed by atoms with Crippen LogP contribution < -0.4 is 5.56 Å². The molecular weight excluding hydrogens is 194 g/mol. The van der Waals surface area contributed by atoms with E-state index in [-0.39, 0.29) is 5.56 Å². The van der Waals surface area contributed by atoms with E-state index >= 15 is 0 Å². The van der Waals surface area contributed by atoms with Crippen LogP contribution in [0.3, 0.4) is 0 Å². The van der Waals surface area contributed by atoms with Gasteiger partial charge in [-0.15, -0.1) is 6.42 Å². The lowest BCUT2D eigenvalue weighted by Gasteiger charge is -2.06. The molecule has 0 saturated heterocycles. The Morgan fingerprint density at radius 3 is 2.80 bits per heavy atom. The number of hydrogen-bond acceptors (Lipinski definition) is 3. The fourth-order valence-corrected chi connectivity index (χ4v) is 0.991. The van der Waals surface area contributed by atoms with Gasteiger partial charge in [0.05, 0.1) is 0 Å². The third-order valence-corrected chi connectivity index (χ3v) is 1.79. The average Bonchev–Trinajstić information content (AvgIpc) is 2.17. The molecule has 1 aromatic rings. The maximum Gasteiger partial charge on any atom is 0.345 e. The van der Waals surface area contributed by atoms with E-state index < -0.39 is 17.6 Å². The number of aromatic amines is 1. The van der Waals surface area contributed by atoms with Crippen molar-refractivity contribution in [1.82, 2.24) is 4.98 Å². The number of aromatic nitrogens is 1. The molecule has 0 aliphatic rings. The number of rotatable bonds is 2. The number of H-pyrrole nitrogens is 1. The maximum atomic E-state index is 11.4. The summed E-state index contributed by atoms with van der Waals surface area (Å²) in [6.45, 7) is 3.28. The maximum absolute atomic E-state index is 11.4. The highest BCUT2D eigenvalue weighted by Gasteiger charge is 2.13. The molecule has 1 N–H and O–H groups in total. The normalized spacial score (nSPS) is 11.5. The number of carbonyl (C=O) groups excluding carboxylic acids is 1. The Labute approximate surface area is 87.3 Å². The van der Waals surface area contributed by atoms with Crippen molar-refractivity contribution in [2.75, 3.05) is 0 Å². The fraction of sp³-hybridized carbons (Fsp3) is 0.273. The molecule has 0 spiro atoms. The van der Waals surface area contributed by atoms with Gasteiger partial charge in [-0.2, -0.15) is 0 Å². The van der Waals surface area contributed by atoms with Crippen LogP contribution in [-0.4, -0.2) is 17.1 Å². The van der Waals surface area contributed by atoms with Gasteiger partial charge in [0.25, 0.3) is 5.56 Å². The molecule has 1 unspecified atom stereocenters. The summed E-state index contributed by atoms with van der Waals surface area (Å²) < 4.78 is 4.81. The summed E-state index contributed by atoms with van der Waals surface area (Å²) in [7, 11) is 0. The molecule has 4 heteroatoms. The zero-order valence-corrected chi connectivity index (χ0v) is 8.53. The molecule has 1 aromatic heterocycles. The number of carbonyl (C=O) groups is 1. The van der Waals surface area contributed by atoms with Crippen molar-refractivity contribution in [2.45, 2.75) is 20.0 Å². The molecule has 15 heavy (non-hydrogen) atoms. The van der Waals surface area contributed by atoms with E-state index in [4.69, 9.17) is 11.2 Å². The van der Waals surface area contributed by atoms with Crippen LogP contribution in [0.4, 0.5) is 0 Å². The van der Waals surface area contributed by atoms with Gasteiger partial charge >= 0.3 is 5.97 Å². The molecule has 0 amide bonds. The van der Waals surface area contributed by atoms with Crippen LogP contribution in [0.5, 0.6) is 0 Å². The van der Waals surface area contributed by atoms with Gasteiger partial charge in [-0.05, 0) is 26.0 Å².